The third-order valence-corrected chi connectivity index (χ3v) is 5.10. The molecule has 8 nitrogen and oxygen atoms in total. The van der Waals surface area contributed by atoms with E-state index in [0.717, 1.165) is 5.56 Å². The van der Waals surface area contributed by atoms with Crippen LogP contribution in [0.3, 0.4) is 0 Å². The summed E-state index contributed by atoms with van der Waals surface area (Å²) in [6.07, 6.45) is 7.38. The zero-order valence-corrected chi connectivity index (χ0v) is 16.7. The first-order chi connectivity index (χ1) is 14.5. The second-order valence-corrected chi connectivity index (χ2v) is 7.24. The molecular weight excluding hydrogens is 408 g/mol. The van der Waals surface area contributed by atoms with Crippen LogP contribution in [0.4, 0.5) is 10.6 Å². The Morgan fingerprint density at radius 2 is 2.13 bits per heavy atom. The molecule has 2 atom stereocenters. The summed E-state index contributed by atoms with van der Waals surface area (Å²) >= 11 is 5.94. The minimum Gasteiger partial charge on any atom is -0.430 e. The van der Waals surface area contributed by atoms with Crippen molar-refractivity contribution in [1.29, 1.82) is 0 Å². The van der Waals surface area contributed by atoms with Crippen molar-refractivity contribution in [1.82, 2.24) is 14.5 Å². The van der Waals surface area contributed by atoms with Crippen molar-refractivity contribution >= 4 is 34.6 Å². The van der Waals surface area contributed by atoms with Crippen LogP contribution in [0.5, 0.6) is 0 Å². The van der Waals surface area contributed by atoms with Gasteiger partial charge in [-0.2, -0.15) is 4.98 Å². The molecule has 3 heterocycles. The van der Waals surface area contributed by atoms with Crippen molar-refractivity contribution in [3.63, 3.8) is 0 Å². The SMILES string of the molecule is C#CC1(COC(=O)OCc2ccccc2)CC[C@H](n2ccc3c(N)nc(Cl)nc32)O1. The fourth-order valence-electron chi connectivity index (χ4n) is 3.38. The van der Waals surface area contributed by atoms with Gasteiger partial charge in [0.1, 0.15) is 30.9 Å². The molecule has 154 valence electrons. The lowest BCUT2D eigenvalue weighted by Gasteiger charge is -2.23. The maximum atomic E-state index is 12.0. The number of nitrogens with zero attached hydrogens (tertiary/aromatic N) is 3. The standard InChI is InChI=1S/C21H19ClN4O4/c1-2-21(13-29-20(27)28-12-14-6-4-3-5-7-14)10-8-16(30-21)26-11-9-15-17(23)24-19(22)25-18(15)26/h1,3-7,9,11,16H,8,10,12-13H2,(H2,23,24,25)/t16-,21?/m1/s1. The van der Waals surface area contributed by atoms with Crippen molar-refractivity contribution in [2.24, 2.45) is 0 Å². The van der Waals surface area contributed by atoms with E-state index in [1.807, 2.05) is 30.3 Å². The molecule has 1 saturated heterocycles. The Labute approximate surface area is 177 Å². The molecular formula is C21H19ClN4O4. The molecule has 0 saturated carbocycles. The van der Waals surface area contributed by atoms with Crippen LogP contribution in [0, 0.1) is 12.3 Å². The molecule has 4 rings (SSSR count). The molecule has 0 radical (unpaired) electrons. The number of fused-ring (bicyclic) bond motifs is 1. The monoisotopic (exact) mass is 426 g/mol. The number of hydrogen-bond donors (Lipinski definition) is 1. The van der Waals surface area contributed by atoms with Gasteiger partial charge in [0.2, 0.25) is 5.28 Å². The number of carbonyl (C=O) groups excluding carboxylic acids is 1. The number of hydrogen-bond acceptors (Lipinski definition) is 7. The molecule has 3 aromatic rings. The second kappa shape index (κ2) is 8.22. The van der Waals surface area contributed by atoms with Crippen LogP contribution in [0.25, 0.3) is 11.0 Å². The highest BCUT2D eigenvalue weighted by Crippen LogP contribution is 2.38. The van der Waals surface area contributed by atoms with Gasteiger partial charge in [-0.1, -0.05) is 36.3 Å². The van der Waals surface area contributed by atoms with E-state index in [1.54, 1.807) is 16.8 Å². The molecule has 1 fully saturated rings. The Morgan fingerprint density at radius 1 is 1.33 bits per heavy atom. The number of benzene rings is 1. The second-order valence-electron chi connectivity index (χ2n) is 6.90. The fraction of sp³-hybridized carbons (Fsp3) is 0.286. The normalized spacial score (nSPS) is 20.7. The van der Waals surface area contributed by atoms with E-state index in [-0.39, 0.29) is 24.3 Å². The summed E-state index contributed by atoms with van der Waals surface area (Å²) in [5.74, 6) is 2.90. The topological polar surface area (TPSA) is 101 Å². The first-order valence-electron chi connectivity index (χ1n) is 9.28. The number of carbonyl (C=O) groups is 1. The Bertz CT molecular complexity index is 1110. The van der Waals surface area contributed by atoms with Crippen molar-refractivity contribution in [3.05, 3.63) is 53.4 Å². The molecule has 2 N–H and O–H groups in total. The summed E-state index contributed by atoms with van der Waals surface area (Å²) in [5, 5.41) is 0.715. The molecule has 9 heteroatoms. The minimum absolute atomic E-state index is 0.0469. The van der Waals surface area contributed by atoms with E-state index in [1.165, 1.54) is 0 Å². The number of halogens is 1. The first kappa shape index (κ1) is 20.0. The van der Waals surface area contributed by atoms with Gasteiger partial charge in [-0.15, -0.1) is 6.42 Å². The molecule has 0 amide bonds. The highest BCUT2D eigenvalue weighted by Gasteiger charge is 2.41. The Morgan fingerprint density at radius 3 is 2.90 bits per heavy atom. The molecule has 30 heavy (non-hydrogen) atoms. The summed E-state index contributed by atoms with van der Waals surface area (Å²) in [4.78, 5) is 20.2. The Hall–Kier alpha value is -3.28. The van der Waals surface area contributed by atoms with Crippen LogP contribution in [0.1, 0.15) is 24.6 Å². The van der Waals surface area contributed by atoms with Crippen LogP contribution in [-0.4, -0.2) is 32.9 Å². The highest BCUT2D eigenvalue weighted by atomic mass is 35.5. The lowest BCUT2D eigenvalue weighted by Crippen LogP contribution is -2.34. The maximum Gasteiger partial charge on any atom is 0.508 e. The van der Waals surface area contributed by atoms with E-state index in [0.29, 0.717) is 23.9 Å². The van der Waals surface area contributed by atoms with Gasteiger partial charge in [-0.25, -0.2) is 9.78 Å². The highest BCUT2D eigenvalue weighted by molar-refractivity contribution is 6.28. The molecule has 1 aliphatic heterocycles. The van der Waals surface area contributed by atoms with Crippen LogP contribution in [0.15, 0.2) is 42.6 Å². The number of nitrogens with two attached hydrogens (primary N) is 1. The van der Waals surface area contributed by atoms with Crippen LogP contribution >= 0.6 is 11.6 Å². The molecule has 2 aromatic heterocycles. The zero-order chi connectivity index (χ0) is 21.1. The number of aromatic nitrogens is 3. The molecule has 1 unspecified atom stereocenters. The average molecular weight is 427 g/mol. The third-order valence-electron chi connectivity index (χ3n) is 4.93. The van der Waals surface area contributed by atoms with Crippen molar-refractivity contribution in [2.75, 3.05) is 12.3 Å². The van der Waals surface area contributed by atoms with Crippen LogP contribution in [-0.2, 0) is 20.8 Å². The van der Waals surface area contributed by atoms with Crippen LogP contribution in [0.2, 0.25) is 5.28 Å². The quantitative estimate of drug-likeness (QED) is 0.377. The Balaban J connectivity index is 1.40. The number of anilines is 1. The summed E-state index contributed by atoms with van der Waals surface area (Å²) in [6.45, 7) is -0.00580. The fourth-order valence-corrected chi connectivity index (χ4v) is 3.55. The van der Waals surface area contributed by atoms with Gasteiger partial charge in [0.25, 0.3) is 0 Å². The van der Waals surface area contributed by atoms with Gasteiger partial charge in [-0.3, -0.25) is 0 Å². The zero-order valence-electron chi connectivity index (χ0n) is 16.0. The predicted octanol–water partition coefficient (Wildman–Crippen LogP) is 3.70. The van der Waals surface area contributed by atoms with Gasteiger partial charge in [0.15, 0.2) is 5.60 Å². The summed E-state index contributed by atoms with van der Waals surface area (Å²) in [6, 6.07) is 11.1. The van der Waals surface area contributed by atoms with Gasteiger partial charge in [0.05, 0.1) is 5.39 Å². The summed E-state index contributed by atoms with van der Waals surface area (Å²) < 4.78 is 18.2. The maximum absolute atomic E-state index is 12.0. The molecule has 0 aliphatic carbocycles. The van der Waals surface area contributed by atoms with Gasteiger partial charge in [-0.05, 0) is 36.1 Å². The number of ether oxygens (including phenoxy) is 3. The van der Waals surface area contributed by atoms with E-state index in [2.05, 4.69) is 15.9 Å². The average Bonchev–Trinajstić information content (AvgIpc) is 3.36. The van der Waals surface area contributed by atoms with E-state index in [9.17, 15) is 4.79 Å². The van der Waals surface area contributed by atoms with Crippen molar-refractivity contribution in [2.45, 2.75) is 31.3 Å². The first-order valence-corrected chi connectivity index (χ1v) is 9.66. The predicted molar refractivity (Wildman–Crippen MR) is 110 cm³/mol. The lowest BCUT2D eigenvalue weighted by atomic mass is 10.0. The van der Waals surface area contributed by atoms with E-state index >= 15 is 0 Å². The summed E-state index contributed by atoms with van der Waals surface area (Å²) in [5.41, 5.74) is 6.25. The van der Waals surface area contributed by atoms with Gasteiger partial charge in [0, 0.05) is 6.20 Å². The molecule has 0 spiro atoms. The van der Waals surface area contributed by atoms with Crippen LogP contribution < -0.4 is 5.73 Å². The minimum atomic E-state index is -1.06. The summed E-state index contributed by atoms with van der Waals surface area (Å²) in [7, 11) is 0. The lowest BCUT2D eigenvalue weighted by molar-refractivity contribution is -0.0736. The number of rotatable bonds is 5. The molecule has 1 aromatic carbocycles. The smallest absolute Gasteiger partial charge is 0.430 e. The van der Waals surface area contributed by atoms with Gasteiger partial charge >= 0.3 is 6.16 Å². The number of terminal acetylenes is 1. The molecule has 1 aliphatic rings. The van der Waals surface area contributed by atoms with Crippen molar-refractivity contribution in [3.8, 4) is 12.3 Å². The third kappa shape index (κ3) is 4.03. The number of nitrogen functional groups attached to an aromatic ring is 1. The van der Waals surface area contributed by atoms with Gasteiger partial charge < -0.3 is 24.5 Å². The Kier molecular flexibility index (Phi) is 5.48. The van der Waals surface area contributed by atoms with E-state index in [4.69, 9.17) is 38.0 Å². The molecule has 0 bridgehead atoms. The van der Waals surface area contributed by atoms with Crippen molar-refractivity contribution < 1.29 is 19.0 Å². The van der Waals surface area contributed by atoms with E-state index < -0.39 is 18.0 Å². The largest absolute Gasteiger partial charge is 0.508 e.